The fourth-order valence-electron chi connectivity index (χ4n) is 3.58. The molecule has 1 aliphatic heterocycles. The van der Waals surface area contributed by atoms with Gasteiger partial charge in [0.1, 0.15) is 5.82 Å². The average molecular weight is 342 g/mol. The fourth-order valence-corrected chi connectivity index (χ4v) is 3.58. The second-order valence-electron chi connectivity index (χ2n) is 6.95. The maximum atomic E-state index is 4.63. The lowest BCUT2D eigenvalue weighted by Gasteiger charge is -2.15. The summed E-state index contributed by atoms with van der Waals surface area (Å²) in [5.41, 5.74) is 2.29. The maximum Gasteiger partial charge on any atom is 0.190 e. The van der Waals surface area contributed by atoms with E-state index in [1.54, 1.807) is 0 Å². The van der Waals surface area contributed by atoms with Crippen LogP contribution in [0.1, 0.15) is 18.7 Å². The van der Waals surface area contributed by atoms with Gasteiger partial charge in [0.25, 0.3) is 0 Å². The molecule has 136 valence electrons. The Bertz CT molecular complexity index is 720. The van der Waals surface area contributed by atoms with Gasteiger partial charge >= 0.3 is 0 Å². The van der Waals surface area contributed by atoms with E-state index in [4.69, 9.17) is 0 Å². The predicted octanol–water partition coefficient (Wildman–Crippen LogP) is 1.85. The van der Waals surface area contributed by atoms with Gasteiger partial charge in [0.2, 0.25) is 0 Å². The fraction of sp³-hybridized carbons (Fsp3) is 0.579. The van der Waals surface area contributed by atoms with Crippen LogP contribution in [0.2, 0.25) is 0 Å². The third-order valence-electron chi connectivity index (χ3n) is 4.97. The third-order valence-corrected chi connectivity index (χ3v) is 4.97. The van der Waals surface area contributed by atoms with Gasteiger partial charge in [0.05, 0.1) is 11.0 Å². The second-order valence-corrected chi connectivity index (χ2v) is 6.95. The number of para-hydroxylation sites is 2. The van der Waals surface area contributed by atoms with Gasteiger partial charge in [-0.15, -0.1) is 0 Å². The Morgan fingerprint density at radius 1 is 1.32 bits per heavy atom. The summed E-state index contributed by atoms with van der Waals surface area (Å²) < 4.78 is 2.29. The molecule has 1 saturated heterocycles. The first-order valence-electron chi connectivity index (χ1n) is 9.22. The van der Waals surface area contributed by atoms with E-state index in [2.05, 4.69) is 62.2 Å². The highest BCUT2D eigenvalue weighted by molar-refractivity contribution is 5.79. The molecule has 0 spiro atoms. The number of imidazole rings is 1. The molecule has 0 saturated carbocycles. The van der Waals surface area contributed by atoms with E-state index in [-0.39, 0.29) is 0 Å². The molecule has 2 heterocycles. The van der Waals surface area contributed by atoms with Crippen molar-refractivity contribution in [1.29, 1.82) is 0 Å². The quantitative estimate of drug-likeness (QED) is 0.478. The smallest absolute Gasteiger partial charge is 0.190 e. The molecule has 1 aromatic heterocycles. The zero-order valence-corrected chi connectivity index (χ0v) is 15.6. The zero-order valence-electron chi connectivity index (χ0n) is 15.6. The van der Waals surface area contributed by atoms with E-state index in [9.17, 15) is 0 Å². The molecule has 2 N–H and O–H groups in total. The predicted molar refractivity (Wildman–Crippen MR) is 104 cm³/mol. The van der Waals surface area contributed by atoms with Gasteiger partial charge in [-0.2, -0.15) is 0 Å². The summed E-state index contributed by atoms with van der Waals surface area (Å²) in [6, 6.07) is 8.33. The van der Waals surface area contributed by atoms with Gasteiger partial charge in [0.15, 0.2) is 5.96 Å². The summed E-state index contributed by atoms with van der Waals surface area (Å²) in [5.74, 6) is 2.71. The molecule has 0 amide bonds. The van der Waals surface area contributed by atoms with Gasteiger partial charge in [-0.25, -0.2) is 4.98 Å². The second kappa shape index (κ2) is 8.34. The summed E-state index contributed by atoms with van der Waals surface area (Å²) >= 11 is 0. The minimum Gasteiger partial charge on any atom is -0.356 e. The normalized spacial score (nSPS) is 18.8. The van der Waals surface area contributed by atoms with Gasteiger partial charge in [0, 0.05) is 33.2 Å². The molecule has 1 aliphatic rings. The molecule has 0 bridgehead atoms. The van der Waals surface area contributed by atoms with Crippen LogP contribution in [0.4, 0.5) is 0 Å². The highest BCUT2D eigenvalue weighted by Crippen LogP contribution is 2.15. The monoisotopic (exact) mass is 342 g/mol. The summed E-state index contributed by atoms with van der Waals surface area (Å²) in [6.45, 7) is 7.31. The van der Waals surface area contributed by atoms with E-state index >= 15 is 0 Å². The number of hydrogen-bond donors (Lipinski definition) is 2. The molecule has 6 heteroatoms. The molecule has 3 rings (SSSR count). The lowest BCUT2D eigenvalue weighted by Crippen LogP contribution is -2.40. The van der Waals surface area contributed by atoms with Crippen molar-refractivity contribution in [2.75, 3.05) is 40.3 Å². The Kier molecular flexibility index (Phi) is 5.91. The number of nitrogens with one attached hydrogen (secondary N) is 2. The number of likely N-dealkylation sites (tertiary alicyclic amines) is 1. The number of benzene rings is 1. The van der Waals surface area contributed by atoms with E-state index in [1.165, 1.54) is 25.0 Å². The minimum absolute atomic E-state index is 0.725. The van der Waals surface area contributed by atoms with Crippen molar-refractivity contribution >= 4 is 17.0 Å². The van der Waals surface area contributed by atoms with Crippen molar-refractivity contribution in [3.8, 4) is 0 Å². The minimum atomic E-state index is 0.725. The molecular formula is C19H30N6. The van der Waals surface area contributed by atoms with E-state index < -0.39 is 0 Å². The summed E-state index contributed by atoms with van der Waals surface area (Å²) in [7, 11) is 4.03. The van der Waals surface area contributed by atoms with Crippen molar-refractivity contribution < 1.29 is 0 Å². The molecule has 1 fully saturated rings. The van der Waals surface area contributed by atoms with Crippen LogP contribution >= 0.6 is 0 Å². The van der Waals surface area contributed by atoms with Crippen molar-refractivity contribution in [1.82, 2.24) is 25.1 Å². The van der Waals surface area contributed by atoms with Crippen molar-refractivity contribution in [3.63, 3.8) is 0 Å². The Hall–Kier alpha value is -2.08. The number of aromatic nitrogens is 2. The van der Waals surface area contributed by atoms with Crippen LogP contribution in [0.25, 0.3) is 11.0 Å². The van der Waals surface area contributed by atoms with Crippen LogP contribution in [0.3, 0.4) is 0 Å². The Labute approximate surface area is 150 Å². The maximum absolute atomic E-state index is 4.63. The highest BCUT2D eigenvalue weighted by Gasteiger charge is 2.19. The number of rotatable bonds is 6. The first-order valence-corrected chi connectivity index (χ1v) is 9.22. The largest absolute Gasteiger partial charge is 0.356 e. The molecule has 6 nitrogen and oxygen atoms in total. The summed E-state index contributed by atoms with van der Waals surface area (Å²) in [6.07, 6.45) is 2.31. The summed E-state index contributed by atoms with van der Waals surface area (Å²) in [5, 5.41) is 6.89. The number of fused-ring (bicyclic) bond motifs is 1. The lowest BCUT2D eigenvalue weighted by atomic mass is 10.1. The van der Waals surface area contributed by atoms with E-state index in [0.29, 0.717) is 0 Å². The van der Waals surface area contributed by atoms with Crippen LogP contribution in [0, 0.1) is 12.8 Å². The molecule has 0 aliphatic carbocycles. The first kappa shape index (κ1) is 17.7. The molecule has 25 heavy (non-hydrogen) atoms. The SMILES string of the molecule is CN=C(NCCCn1c(C)nc2ccccc21)NCC1CCN(C)C1. The Balaban J connectivity index is 1.43. The van der Waals surface area contributed by atoms with Gasteiger partial charge in [-0.05, 0) is 51.4 Å². The Morgan fingerprint density at radius 3 is 2.92 bits per heavy atom. The number of nitrogens with zero attached hydrogens (tertiary/aromatic N) is 4. The Morgan fingerprint density at radius 2 is 2.16 bits per heavy atom. The number of guanidine groups is 1. The number of aliphatic imine (C=N–C) groups is 1. The average Bonchev–Trinajstić information content (AvgIpc) is 3.17. The van der Waals surface area contributed by atoms with Crippen molar-refractivity contribution in [2.45, 2.75) is 26.3 Å². The standard InChI is InChI=1S/C19H30N6/c1-15-23-17-7-4-5-8-18(17)25(15)11-6-10-21-19(20-2)22-13-16-9-12-24(3)14-16/h4-5,7-8,16H,6,9-14H2,1-3H3,(H2,20,21,22). The zero-order chi connectivity index (χ0) is 17.6. The topological polar surface area (TPSA) is 57.5 Å². The van der Waals surface area contributed by atoms with Gasteiger partial charge < -0.3 is 20.1 Å². The van der Waals surface area contributed by atoms with E-state index in [0.717, 1.165) is 49.3 Å². The van der Waals surface area contributed by atoms with E-state index in [1.807, 2.05) is 13.1 Å². The highest BCUT2D eigenvalue weighted by atomic mass is 15.2. The molecule has 2 aromatic rings. The van der Waals surface area contributed by atoms with Crippen molar-refractivity contribution in [2.24, 2.45) is 10.9 Å². The molecule has 1 aromatic carbocycles. The van der Waals surface area contributed by atoms with Crippen LogP contribution in [-0.2, 0) is 6.54 Å². The van der Waals surface area contributed by atoms with Crippen LogP contribution in [0.5, 0.6) is 0 Å². The number of hydrogen-bond acceptors (Lipinski definition) is 3. The van der Waals surface area contributed by atoms with Crippen LogP contribution in [-0.4, -0.2) is 60.7 Å². The van der Waals surface area contributed by atoms with Gasteiger partial charge in [-0.3, -0.25) is 4.99 Å². The molecule has 0 radical (unpaired) electrons. The summed E-state index contributed by atoms with van der Waals surface area (Å²) in [4.78, 5) is 11.3. The van der Waals surface area contributed by atoms with Crippen LogP contribution < -0.4 is 10.6 Å². The first-order chi connectivity index (χ1) is 12.2. The molecule has 1 atom stereocenters. The van der Waals surface area contributed by atoms with Crippen molar-refractivity contribution in [3.05, 3.63) is 30.1 Å². The number of aryl methyl sites for hydroxylation is 2. The van der Waals surface area contributed by atoms with Gasteiger partial charge in [-0.1, -0.05) is 12.1 Å². The molecular weight excluding hydrogens is 312 g/mol. The third kappa shape index (κ3) is 4.51. The molecule has 1 unspecified atom stereocenters. The lowest BCUT2D eigenvalue weighted by molar-refractivity contribution is 0.394. The van der Waals surface area contributed by atoms with Crippen LogP contribution in [0.15, 0.2) is 29.3 Å².